The van der Waals surface area contributed by atoms with Crippen molar-refractivity contribution < 1.29 is 14.1 Å². The van der Waals surface area contributed by atoms with Crippen LogP contribution in [0.15, 0.2) is 12.1 Å². The molecule has 0 bridgehead atoms. The highest BCUT2D eigenvalue weighted by Gasteiger charge is 2.43. The Morgan fingerprint density at radius 1 is 1.65 bits per heavy atom. The maximum Gasteiger partial charge on any atom is 0.275 e. The van der Waals surface area contributed by atoms with Crippen LogP contribution in [0.3, 0.4) is 0 Å². The van der Waals surface area contributed by atoms with Crippen LogP contribution in [0.25, 0.3) is 0 Å². The third-order valence-corrected chi connectivity index (χ3v) is 3.43. The van der Waals surface area contributed by atoms with Crippen molar-refractivity contribution in [2.75, 3.05) is 6.61 Å². The van der Waals surface area contributed by atoms with Gasteiger partial charge in [-0.15, -0.1) is 0 Å². The smallest absolute Gasteiger partial charge is 0.275 e. The Kier molecular flexibility index (Phi) is 3.59. The molecule has 2 N–H and O–H groups in total. The van der Waals surface area contributed by atoms with Gasteiger partial charge in [-0.1, -0.05) is 0 Å². The van der Waals surface area contributed by atoms with E-state index in [1.54, 1.807) is 0 Å². The number of benzene rings is 1. The quantitative estimate of drug-likeness (QED) is 0.656. The van der Waals surface area contributed by atoms with E-state index in [1.807, 2.05) is 6.07 Å². The Bertz CT molecular complexity index is 595. The molecule has 1 aliphatic rings. The number of nitro benzene ring substituents is 1. The number of nitrogens with zero attached hydrogens (tertiary/aromatic N) is 2. The summed E-state index contributed by atoms with van der Waals surface area (Å²) >= 11 is 0. The van der Waals surface area contributed by atoms with Crippen molar-refractivity contribution in [3.63, 3.8) is 0 Å². The molecule has 20 heavy (non-hydrogen) atoms. The van der Waals surface area contributed by atoms with E-state index in [4.69, 9.17) is 15.7 Å². The van der Waals surface area contributed by atoms with Gasteiger partial charge in [0.15, 0.2) is 11.6 Å². The van der Waals surface area contributed by atoms with E-state index in [1.165, 1.54) is 13.0 Å². The molecule has 0 aliphatic heterocycles. The van der Waals surface area contributed by atoms with Gasteiger partial charge in [-0.3, -0.25) is 10.1 Å². The van der Waals surface area contributed by atoms with Gasteiger partial charge in [0.2, 0.25) is 0 Å². The zero-order valence-corrected chi connectivity index (χ0v) is 10.9. The molecule has 0 saturated heterocycles. The van der Waals surface area contributed by atoms with Crippen LogP contribution in [0.1, 0.15) is 18.4 Å². The lowest BCUT2D eigenvalue weighted by atomic mass is 9.98. The minimum Gasteiger partial charge on any atom is -0.487 e. The molecule has 2 rings (SSSR count). The van der Waals surface area contributed by atoms with E-state index in [0.717, 1.165) is 18.9 Å². The van der Waals surface area contributed by atoms with Crippen molar-refractivity contribution in [1.82, 2.24) is 0 Å². The first-order valence-corrected chi connectivity index (χ1v) is 6.15. The van der Waals surface area contributed by atoms with Crippen LogP contribution in [0.5, 0.6) is 5.75 Å². The lowest BCUT2D eigenvalue weighted by Gasteiger charge is -2.21. The number of nitro groups is 1. The van der Waals surface area contributed by atoms with Gasteiger partial charge >= 0.3 is 0 Å². The molecule has 1 saturated carbocycles. The van der Waals surface area contributed by atoms with Crippen molar-refractivity contribution in [1.29, 1.82) is 5.26 Å². The SMILES string of the molecule is Cc1cc(OCC(N)(C#N)C2CC2)c(F)cc1[N+](=O)[O-]. The lowest BCUT2D eigenvalue weighted by molar-refractivity contribution is -0.385. The third kappa shape index (κ3) is 2.70. The first-order valence-electron chi connectivity index (χ1n) is 6.15. The van der Waals surface area contributed by atoms with Gasteiger partial charge in [0.1, 0.15) is 12.1 Å². The van der Waals surface area contributed by atoms with E-state index in [0.29, 0.717) is 0 Å². The van der Waals surface area contributed by atoms with Gasteiger partial charge in [-0.2, -0.15) is 5.26 Å². The van der Waals surface area contributed by atoms with Crippen LogP contribution in [-0.4, -0.2) is 17.1 Å². The summed E-state index contributed by atoms with van der Waals surface area (Å²) in [6.07, 6.45) is 1.71. The first kappa shape index (κ1) is 14.2. The number of nitrogens with two attached hydrogens (primary N) is 1. The zero-order chi connectivity index (χ0) is 14.9. The van der Waals surface area contributed by atoms with E-state index in [9.17, 15) is 14.5 Å². The van der Waals surface area contributed by atoms with Crippen molar-refractivity contribution in [3.8, 4) is 11.8 Å². The van der Waals surface area contributed by atoms with Crippen LogP contribution in [0.4, 0.5) is 10.1 Å². The molecule has 0 radical (unpaired) electrons. The topological polar surface area (TPSA) is 102 Å². The Labute approximate surface area is 115 Å². The summed E-state index contributed by atoms with van der Waals surface area (Å²) in [6.45, 7) is 1.35. The monoisotopic (exact) mass is 279 g/mol. The zero-order valence-electron chi connectivity index (χ0n) is 10.9. The number of halogens is 1. The molecule has 0 amide bonds. The molecule has 1 aromatic rings. The number of rotatable bonds is 5. The van der Waals surface area contributed by atoms with Crippen LogP contribution in [-0.2, 0) is 0 Å². The van der Waals surface area contributed by atoms with Crippen LogP contribution >= 0.6 is 0 Å². The molecule has 0 heterocycles. The number of nitriles is 1. The first-order chi connectivity index (χ1) is 9.37. The lowest BCUT2D eigenvalue weighted by Crippen LogP contribution is -2.46. The summed E-state index contributed by atoms with van der Waals surface area (Å²) < 4.78 is 19.0. The molecule has 106 valence electrons. The van der Waals surface area contributed by atoms with Crippen LogP contribution in [0, 0.1) is 40.1 Å². The number of ether oxygens (including phenoxy) is 1. The normalized spacial score (nSPS) is 17.1. The molecule has 1 atom stereocenters. The fourth-order valence-electron chi connectivity index (χ4n) is 1.99. The van der Waals surface area contributed by atoms with Gasteiger partial charge < -0.3 is 10.5 Å². The summed E-state index contributed by atoms with van der Waals surface area (Å²) in [5.74, 6) is -0.896. The minimum atomic E-state index is -1.14. The number of aryl methyl sites for hydroxylation is 1. The van der Waals surface area contributed by atoms with Crippen LogP contribution < -0.4 is 10.5 Å². The number of hydrogen-bond donors (Lipinski definition) is 1. The van der Waals surface area contributed by atoms with E-state index >= 15 is 0 Å². The summed E-state index contributed by atoms with van der Waals surface area (Å²) in [5, 5.41) is 19.8. The van der Waals surface area contributed by atoms with Crippen molar-refractivity contribution in [2.24, 2.45) is 11.7 Å². The Hall–Kier alpha value is -2.20. The Morgan fingerprint density at radius 3 is 2.80 bits per heavy atom. The van der Waals surface area contributed by atoms with E-state index in [-0.39, 0.29) is 29.5 Å². The van der Waals surface area contributed by atoms with Gasteiger partial charge in [-0.05, 0) is 31.7 Å². The maximum absolute atomic E-state index is 13.7. The van der Waals surface area contributed by atoms with Crippen molar-refractivity contribution >= 4 is 5.69 Å². The molecule has 7 heteroatoms. The van der Waals surface area contributed by atoms with Gasteiger partial charge in [-0.25, -0.2) is 4.39 Å². The molecular formula is C13H14FN3O3. The van der Waals surface area contributed by atoms with Gasteiger partial charge in [0.05, 0.1) is 17.1 Å². The van der Waals surface area contributed by atoms with E-state index in [2.05, 4.69) is 0 Å². The predicted molar refractivity (Wildman–Crippen MR) is 68.5 cm³/mol. The standard InChI is InChI=1S/C13H14FN3O3/c1-8-4-12(10(14)5-11(8)17(18)19)20-7-13(16,6-15)9-2-3-9/h4-5,9H,2-3,7,16H2,1H3. The predicted octanol–water partition coefficient (Wildman–Crippen LogP) is 2.05. The highest BCUT2D eigenvalue weighted by Crippen LogP contribution is 2.38. The second-order valence-electron chi connectivity index (χ2n) is 5.04. The fourth-order valence-corrected chi connectivity index (χ4v) is 1.99. The molecule has 1 aromatic carbocycles. The summed E-state index contributed by atoms with van der Waals surface area (Å²) in [4.78, 5) is 10.0. The molecule has 6 nitrogen and oxygen atoms in total. The maximum atomic E-state index is 13.7. The molecular weight excluding hydrogens is 265 g/mol. The minimum absolute atomic E-state index is 0.0645. The average Bonchev–Trinajstić information content (AvgIpc) is 3.23. The summed E-state index contributed by atoms with van der Waals surface area (Å²) in [7, 11) is 0. The fraction of sp³-hybridized carbons (Fsp3) is 0.462. The Balaban J connectivity index is 2.16. The highest BCUT2D eigenvalue weighted by molar-refractivity contribution is 5.45. The molecule has 0 spiro atoms. The highest BCUT2D eigenvalue weighted by atomic mass is 19.1. The van der Waals surface area contributed by atoms with Gasteiger partial charge in [0.25, 0.3) is 5.69 Å². The molecule has 0 aromatic heterocycles. The number of hydrogen-bond acceptors (Lipinski definition) is 5. The second kappa shape index (κ2) is 5.06. The van der Waals surface area contributed by atoms with Crippen LogP contribution in [0.2, 0.25) is 0 Å². The van der Waals surface area contributed by atoms with Gasteiger partial charge in [0, 0.05) is 5.56 Å². The second-order valence-corrected chi connectivity index (χ2v) is 5.04. The third-order valence-electron chi connectivity index (χ3n) is 3.43. The largest absolute Gasteiger partial charge is 0.487 e. The summed E-state index contributed by atoms with van der Waals surface area (Å²) in [6, 6.07) is 4.06. The van der Waals surface area contributed by atoms with Crippen molar-refractivity contribution in [2.45, 2.75) is 25.3 Å². The average molecular weight is 279 g/mol. The van der Waals surface area contributed by atoms with Crippen molar-refractivity contribution in [3.05, 3.63) is 33.6 Å². The molecule has 1 unspecified atom stereocenters. The molecule has 1 fully saturated rings. The Morgan fingerprint density at radius 2 is 2.30 bits per heavy atom. The summed E-state index contributed by atoms with van der Waals surface area (Å²) in [5.41, 5.74) is 4.74. The van der Waals surface area contributed by atoms with E-state index < -0.39 is 16.3 Å². The molecule has 1 aliphatic carbocycles.